The van der Waals surface area contributed by atoms with Crippen molar-refractivity contribution in [3.05, 3.63) is 18.3 Å². The maximum Gasteiger partial charge on any atom is 0.0824 e. The van der Waals surface area contributed by atoms with Crippen molar-refractivity contribution in [2.24, 2.45) is 0 Å². The number of aromatic amines is 1. The van der Waals surface area contributed by atoms with Crippen molar-refractivity contribution in [2.45, 2.75) is 19.8 Å². The zero-order chi connectivity index (χ0) is 6.53. The highest BCUT2D eigenvalue weighted by Gasteiger charge is 1.91. The van der Waals surface area contributed by atoms with Crippen LogP contribution in [0.25, 0.3) is 0 Å². The SMILES string of the molecule is C[CH]CCc1c[nH]nn1. The van der Waals surface area contributed by atoms with Crippen LogP contribution in [0.1, 0.15) is 19.0 Å². The first-order chi connectivity index (χ1) is 4.43. The minimum Gasteiger partial charge on any atom is -0.265 e. The third kappa shape index (κ3) is 1.83. The molecular formula is C6H10N3. The van der Waals surface area contributed by atoms with Crippen molar-refractivity contribution < 1.29 is 0 Å². The van der Waals surface area contributed by atoms with Crippen LogP contribution >= 0.6 is 0 Å². The molecule has 0 saturated heterocycles. The average Bonchev–Trinajstić information content (AvgIpc) is 2.34. The van der Waals surface area contributed by atoms with E-state index in [-0.39, 0.29) is 0 Å². The number of aryl methyl sites for hydroxylation is 1. The smallest absolute Gasteiger partial charge is 0.0824 e. The van der Waals surface area contributed by atoms with Crippen molar-refractivity contribution in [1.29, 1.82) is 0 Å². The lowest BCUT2D eigenvalue weighted by atomic mass is 10.2. The van der Waals surface area contributed by atoms with Crippen molar-refractivity contribution in [2.75, 3.05) is 0 Å². The van der Waals surface area contributed by atoms with Crippen LogP contribution in [0.2, 0.25) is 0 Å². The van der Waals surface area contributed by atoms with E-state index in [0.717, 1.165) is 18.5 Å². The number of nitrogens with one attached hydrogen (secondary N) is 1. The highest BCUT2D eigenvalue weighted by molar-refractivity contribution is 4.91. The molecule has 0 aromatic carbocycles. The van der Waals surface area contributed by atoms with Crippen molar-refractivity contribution in [3.63, 3.8) is 0 Å². The van der Waals surface area contributed by atoms with Gasteiger partial charge in [-0.05, 0) is 19.3 Å². The number of hydrogen-bond donors (Lipinski definition) is 1. The van der Waals surface area contributed by atoms with E-state index in [2.05, 4.69) is 21.8 Å². The summed E-state index contributed by atoms with van der Waals surface area (Å²) in [6.07, 6.45) is 6.01. The molecule has 1 radical (unpaired) electrons. The van der Waals surface area contributed by atoms with Crippen molar-refractivity contribution in [1.82, 2.24) is 15.4 Å². The molecule has 0 aliphatic rings. The molecule has 0 unspecified atom stereocenters. The van der Waals surface area contributed by atoms with Gasteiger partial charge in [-0.3, -0.25) is 5.10 Å². The molecule has 0 fully saturated rings. The van der Waals surface area contributed by atoms with E-state index in [1.807, 2.05) is 13.1 Å². The zero-order valence-electron chi connectivity index (χ0n) is 5.46. The van der Waals surface area contributed by atoms with Crippen LogP contribution in [0, 0.1) is 6.42 Å². The van der Waals surface area contributed by atoms with Gasteiger partial charge in [0.25, 0.3) is 0 Å². The van der Waals surface area contributed by atoms with Gasteiger partial charge < -0.3 is 0 Å². The fraction of sp³-hybridized carbons (Fsp3) is 0.500. The maximum absolute atomic E-state index is 3.83. The van der Waals surface area contributed by atoms with Crippen LogP contribution in [-0.2, 0) is 6.42 Å². The molecule has 1 heterocycles. The van der Waals surface area contributed by atoms with Crippen LogP contribution in [0.4, 0.5) is 0 Å². The summed E-state index contributed by atoms with van der Waals surface area (Å²) in [4.78, 5) is 0. The molecule has 3 heteroatoms. The fourth-order valence-corrected chi connectivity index (χ4v) is 0.640. The number of hydrogen-bond acceptors (Lipinski definition) is 2. The van der Waals surface area contributed by atoms with Gasteiger partial charge in [0.2, 0.25) is 0 Å². The molecule has 9 heavy (non-hydrogen) atoms. The number of nitrogens with zero attached hydrogens (tertiary/aromatic N) is 2. The zero-order valence-corrected chi connectivity index (χ0v) is 5.46. The Morgan fingerprint density at radius 1 is 1.78 bits per heavy atom. The molecule has 0 amide bonds. The first kappa shape index (κ1) is 6.26. The molecule has 1 aromatic heterocycles. The Bertz CT molecular complexity index is 145. The summed E-state index contributed by atoms with van der Waals surface area (Å²) in [5.41, 5.74) is 1.04. The number of aromatic nitrogens is 3. The largest absolute Gasteiger partial charge is 0.265 e. The Kier molecular flexibility index (Phi) is 2.24. The van der Waals surface area contributed by atoms with Crippen LogP contribution in [0.15, 0.2) is 6.20 Å². The minimum absolute atomic E-state index is 0.993. The van der Waals surface area contributed by atoms with Gasteiger partial charge in [-0.1, -0.05) is 12.1 Å². The molecular weight excluding hydrogens is 114 g/mol. The summed E-state index contributed by atoms with van der Waals surface area (Å²) in [6.45, 7) is 2.04. The number of rotatable bonds is 3. The lowest BCUT2D eigenvalue weighted by molar-refractivity contribution is 0.862. The Balaban J connectivity index is 2.30. The van der Waals surface area contributed by atoms with E-state index in [1.165, 1.54) is 0 Å². The predicted molar refractivity (Wildman–Crippen MR) is 34.7 cm³/mol. The Hall–Kier alpha value is -0.860. The third-order valence-corrected chi connectivity index (χ3v) is 1.16. The third-order valence-electron chi connectivity index (χ3n) is 1.16. The number of H-pyrrole nitrogens is 1. The standard InChI is InChI=1S/C6H10N3/c1-2-3-4-6-5-7-9-8-6/h2,5H,3-4H2,1H3,(H,7,8,9). The molecule has 49 valence electrons. The van der Waals surface area contributed by atoms with Gasteiger partial charge >= 0.3 is 0 Å². The first-order valence-corrected chi connectivity index (χ1v) is 3.06. The van der Waals surface area contributed by atoms with E-state index >= 15 is 0 Å². The maximum atomic E-state index is 3.83. The molecule has 1 aromatic rings. The van der Waals surface area contributed by atoms with Crippen LogP contribution < -0.4 is 0 Å². The normalized spacial score (nSPS) is 9.89. The first-order valence-electron chi connectivity index (χ1n) is 3.06. The van der Waals surface area contributed by atoms with Crippen molar-refractivity contribution in [3.8, 4) is 0 Å². The second kappa shape index (κ2) is 3.22. The fourth-order valence-electron chi connectivity index (χ4n) is 0.640. The molecule has 1 rings (SSSR count). The predicted octanol–water partition coefficient (Wildman–Crippen LogP) is 0.961. The van der Waals surface area contributed by atoms with E-state index in [0.29, 0.717) is 0 Å². The molecule has 0 saturated carbocycles. The van der Waals surface area contributed by atoms with Crippen molar-refractivity contribution >= 4 is 0 Å². The molecule has 0 aliphatic carbocycles. The highest BCUT2D eigenvalue weighted by atomic mass is 15.3. The Morgan fingerprint density at radius 2 is 2.67 bits per heavy atom. The second-order valence-corrected chi connectivity index (χ2v) is 1.91. The summed E-state index contributed by atoms with van der Waals surface area (Å²) in [5.74, 6) is 0. The van der Waals surface area contributed by atoms with Gasteiger partial charge in [-0.25, -0.2) is 0 Å². The Morgan fingerprint density at radius 3 is 3.22 bits per heavy atom. The molecule has 1 N–H and O–H groups in total. The van der Waals surface area contributed by atoms with Gasteiger partial charge in [0.1, 0.15) is 0 Å². The Labute approximate surface area is 54.5 Å². The quantitative estimate of drug-likeness (QED) is 0.652. The molecule has 0 bridgehead atoms. The summed E-state index contributed by atoms with van der Waals surface area (Å²) in [6, 6.07) is 0. The average molecular weight is 124 g/mol. The lowest BCUT2D eigenvalue weighted by Crippen LogP contribution is -1.83. The summed E-state index contributed by atoms with van der Waals surface area (Å²) in [7, 11) is 0. The summed E-state index contributed by atoms with van der Waals surface area (Å²) in [5, 5.41) is 10.1. The lowest BCUT2D eigenvalue weighted by Gasteiger charge is -1.87. The van der Waals surface area contributed by atoms with Gasteiger partial charge in [0, 0.05) is 6.20 Å². The molecule has 0 aliphatic heterocycles. The summed E-state index contributed by atoms with van der Waals surface area (Å²) >= 11 is 0. The van der Waals surface area contributed by atoms with E-state index in [9.17, 15) is 0 Å². The highest BCUT2D eigenvalue weighted by Crippen LogP contribution is 1.96. The van der Waals surface area contributed by atoms with Crippen LogP contribution in [-0.4, -0.2) is 15.4 Å². The molecule has 0 spiro atoms. The van der Waals surface area contributed by atoms with Gasteiger partial charge in [-0.2, -0.15) is 0 Å². The second-order valence-electron chi connectivity index (χ2n) is 1.91. The molecule has 0 atom stereocenters. The van der Waals surface area contributed by atoms with Gasteiger partial charge in [-0.15, -0.1) is 5.10 Å². The topological polar surface area (TPSA) is 41.6 Å². The molecule has 3 nitrogen and oxygen atoms in total. The van der Waals surface area contributed by atoms with Crippen LogP contribution in [0.3, 0.4) is 0 Å². The van der Waals surface area contributed by atoms with Crippen LogP contribution in [0.5, 0.6) is 0 Å². The van der Waals surface area contributed by atoms with E-state index in [4.69, 9.17) is 0 Å². The summed E-state index contributed by atoms with van der Waals surface area (Å²) < 4.78 is 0. The van der Waals surface area contributed by atoms with Gasteiger partial charge in [0.05, 0.1) is 5.69 Å². The van der Waals surface area contributed by atoms with E-state index < -0.39 is 0 Å². The number of unbranched alkanes of at least 4 members (excludes halogenated alkanes) is 1. The monoisotopic (exact) mass is 124 g/mol. The minimum atomic E-state index is 0.993. The van der Waals surface area contributed by atoms with E-state index in [1.54, 1.807) is 0 Å². The van der Waals surface area contributed by atoms with Gasteiger partial charge in [0.15, 0.2) is 0 Å².